The highest BCUT2D eigenvalue weighted by Gasteiger charge is 2.25. The second-order valence-corrected chi connectivity index (χ2v) is 6.69. The van der Waals surface area contributed by atoms with E-state index in [9.17, 15) is 14.4 Å². The number of hydrogen-bond donors (Lipinski definition) is 3. The van der Waals surface area contributed by atoms with Crippen molar-refractivity contribution in [3.63, 3.8) is 0 Å². The number of fused-ring (bicyclic) bond motifs is 1. The Balaban J connectivity index is 1.48. The molecule has 0 radical (unpaired) electrons. The highest BCUT2D eigenvalue weighted by molar-refractivity contribution is 6.09. The van der Waals surface area contributed by atoms with Gasteiger partial charge < -0.3 is 21.3 Å². The van der Waals surface area contributed by atoms with E-state index in [1.165, 1.54) is 0 Å². The van der Waals surface area contributed by atoms with E-state index < -0.39 is 0 Å². The second-order valence-electron chi connectivity index (χ2n) is 6.69. The summed E-state index contributed by atoms with van der Waals surface area (Å²) in [6.07, 6.45) is 2.64. The molecular formula is C21H24N4O3. The van der Waals surface area contributed by atoms with E-state index in [1.54, 1.807) is 35.2 Å². The quantitative estimate of drug-likeness (QED) is 0.507. The van der Waals surface area contributed by atoms with Crippen molar-refractivity contribution in [3.05, 3.63) is 54.1 Å². The standard InChI is InChI=1S/C21H24N4O3/c22-16-9-4-5-10-17(16)24-19(26)12-2-1-7-13-25-18-11-6-3-8-15(18)21(28)23-14-20(25)27/h3-6,8-11H,1-2,7,12-14,22H2,(H,23,28)(H,24,26). The molecule has 1 aliphatic heterocycles. The van der Waals surface area contributed by atoms with E-state index in [-0.39, 0.29) is 24.3 Å². The second kappa shape index (κ2) is 9.03. The summed E-state index contributed by atoms with van der Waals surface area (Å²) in [6, 6.07) is 14.3. The van der Waals surface area contributed by atoms with E-state index >= 15 is 0 Å². The van der Waals surface area contributed by atoms with Gasteiger partial charge in [0.05, 0.1) is 29.2 Å². The lowest BCUT2D eigenvalue weighted by atomic mass is 10.1. The highest BCUT2D eigenvalue weighted by Crippen LogP contribution is 2.23. The highest BCUT2D eigenvalue weighted by atomic mass is 16.2. The minimum absolute atomic E-state index is 0.00554. The van der Waals surface area contributed by atoms with Crippen molar-refractivity contribution >= 4 is 34.8 Å². The molecule has 0 spiro atoms. The first-order valence-corrected chi connectivity index (χ1v) is 9.38. The topological polar surface area (TPSA) is 105 Å². The number of rotatable bonds is 7. The van der Waals surface area contributed by atoms with Gasteiger partial charge in [0.1, 0.15) is 0 Å². The number of nitrogens with one attached hydrogen (secondary N) is 2. The Labute approximate surface area is 163 Å². The Morgan fingerprint density at radius 1 is 1.04 bits per heavy atom. The third-order valence-electron chi connectivity index (χ3n) is 4.66. The predicted molar refractivity (Wildman–Crippen MR) is 109 cm³/mol. The number of para-hydroxylation sites is 3. The SMILES string of the molecule is Nc1ccccc1NC(=O)CCCCCN1C(=O)CNC(=O)c2ccccc21. The lowest BCUT2D eigenvalue weighted by Gasteiger charge is -2.22. The average molecular weight is 380 g/mol. The Morgan fingerprint density at radius 2 is 1.79 bits per heavy atom. The molecule has 0 bridgehead atoms. The van der Waals surface area contributed by atoms with Crippen LogP contribution >= 0.6 is 0 Å². The Morgan fingerprint density at radius 3 is 2.61 bits per heavy atom. The number of benzene rings is 2. The maximum Gasteiger partial charge on any atom is 0.253 e. The van der Waals surface area contributed by atoms with Crippen LogP contribution in [-0.4, -0.2) is 30.8 Å². The Hall–Kier alpha value is -3.35. The average Bonchev–Trinajstić information content (AvgIpc) is 2.81. The molecule has 0 aromatic heterocycles. The fourth-order valence-corrected chi connectivity index (χ4v) is 3.18. The van der Waals surface area contributed by atoms with Gasteiger partial charge in [-0.15, -0.1) is 0 Å². The zero-order valence-electron chi connectivity index (χ0n) is 15.6. The molecule has 1 aliphatic rings. The Bertz CT molecular complexity index is 881. The molecule has 0 saturated heterocycles. The van der Waals surface area contributed by atoms with Crippen LogP contribution in [0.4, 0.5) is 17.1 Å². The van der Waals surface area contributed by atoms with Gasteiger partial charge in [-0.25, -0.2) is 0 Å². The van der Waals surface area contributed by atoms with E-state index in [1.807, 2.05) is 18.2 Å². The van der Waals surface area contributed by atoms with Crippen LogP contribution in [0.3, 0.4) is 0 Å². The molecule has 0 atom stereocenters. The molecule has 4 N–H and O–H groups in total. The monoisotopic (exact) mass is 380 g/mol. The van der Waals surface area contributed by atoms with E-state index in [2.05, 4.69) is 10.6 Å². The smallest absolute Gasteiger partial charge is 0.253 e. The van der Waals surface area contributed by atoms with Crippen molar-refractivity contribution in [3.8, 4) is 0 Å². The van der Waals surface area contributed by atoms with Gasteiger partial charge in [-0.2, -0.15) is 0 Å². The molecule has 7 nitrogen and oxygen atoms in total. The number of anilines is 3. The molecule has 0 saturated carbocycles. The summed E-state index contributed by atoms with van der Waals surface area (Å²) >= 11 is 0. The van der Waals surface area contributed by atoms with Gasteiger partial charge in [0.2, 0.25) is 11.8 Å². The molecular weight excluding hydrogens is 356 g/mol. The maximum absolute atomic E-state index is 12.4. The van der Waals surface area contributed by atoms with Crippen LogP contribution in [0.25, 0.3) is 0 Å². The van der Waals surface area contributed by atoms with Crippen LogP contribution < -0.4 is 21.3 Å². The lowest BCUT2D eigenvalue weighted by molar-refractivity contribution is -0.118. The molecule has 2 aromatic carbocycles. The minimum Gasteiger partial charge on any atom is -0.397 e. The summed E-state index contributed by atoms with van der Waals surface area (Å²) in [4.78, 5) is 38.1. The zero-order valence-corrected chi connectivity index (χ0v) is 15.6. The largest absolute Gasteiger partial charge is 0.397 e. The molecule has 3 rings (SSSR count). The third kappa shape index (κ3) is 4.68. The molecule has 28 heavy (non-hydrogen) atoms. The summed E-state index contributed by atoms with van der Waals surface area (Å²) in [5.74, 6) is -0.442. The summed E-state index contributed by atoms with van der Waals surface area (Å²) in [6.45, 7) is 0.506. The molecule has 0 fully saturated rings. The van der Waals surface area contributed by atoms with E-state index in [0.717, 1.165) is 12.8 Å². The predicted octanol–water partition coefficient (Wildman–Crippen LogP) is 2.54. The summed E-state index contributed by atoms with van der Waals surface area (Å²) < 4.78 is 0. The molecule has 0 aliphatic carbocycles. The van der Waals surface area contributed by atoms with Crippen LogP contribution in [0.1, 0.15) is 36.0 Å². The van der Waals surface area contributed by atoms with Gasteiger partial charge in [0.25, 0.3) is 5.91 Å². The van der Waals surface area contributed by atoms with Crippen molar-refractivity contribution in [2.75, 3.05) is 29.0 Å². The normalized spacial score (nSPS) is 13.5. The van der Waals surface area contributed by atoms with Gasteiger partial charge >= 0.3 is 0 Å². The third-order valence-corrected chi connectivity index (χ3v) is 4.66. The van der Waals surface area contributed by atoms with Gasteiger partial charge in [0, 0.05) is 13.0 Å². The van der Waals surface area contributed by atoms with Crippen LogP contribution in [0.2, 0.25) is 0 Å². The van der Waals surface area contributed by atoms with Gasteiger partial charge in [0.15, 0.2) is 0 Å². The molecule has 7 heteroatoms. The van der Waals surface area contributed by atoms with Gasteiger partial charge in [-0.3, -0.25) is 14.4 Å². The van der Waals surface area contributed by atoms with Crippen LogP contribution in [0.15, 0.2) is 48.5 Å². The molecule has 1 heterocycles. The number of carbonyl (C=O) groups excluding carboxylic acids is 3. The van der Waals surface area contributed by atoms with Gasteiger partial charge in [-0.1, -0.05) is 30.7 Å². The fourth-order valence-electron chi connectivity index (χ4n) is 3.18. The fraction of sp³-hybridized carbons (Fsp3) is 0.286. The maximum atomic E-state index is 12.4. The minimum atomic E-state index is -0.233. The summed E-state index contributed by atoms with van der Waals surface area (Å²) in [5.41, 5.74) is 8.13. The number of nitrogens with two attached hydrogens (primary N) is 1. The number of amides is 3. The first-order chi connectivity index (χ1) is 13.6. The number of carbonyl (C=O) groups is 3. The van der Waals surface area contributed by atoms with Crippen molar-refractivity contribution in [2.45, 2.75) is 25.7 Å². The van der Waals surface area contributed by atoms with Crippen molar-refractivity contribution in [2.24, 2.45) is 0 Å². The number of unbranched alkanes of at least 4 members (excludes halogenated alkanes) is 2. The lowest BCUT2D eigenvalue weighted by Crippen LogP contribution is -2.37. The first kappa shape index (κ1) is 19.4. The molecule has 2 aromatic rings. The van der Waals surface area contributed by atoms with Crippen LogP contribution in [0.5, 0.6) is 0 Å². The molecule has 0 unspecified atom stereocenters. The molecule has 146 valence electrons. The van der Waals surface area contributed by atoms with E-state index in [4.69, 9.17) is 5.73 Å². The van der Waals surface area contributed by atoms with Crippen molar-refractivity contribution in [1.29, 1.82) is 0 Å². The zero-order chi connectivity index (χ0) is 19.9. The summed E-state index contributed by atoms with van der Waals surface area (Å²) in [7, 11) is 0. The number of nitrogen functional groups attached to an aromatic ring is 1. The van der Waals surface area contributed by atoms with Crippen LogP contribution in [0, 0.1) is 0 Å². The van der Waals surface area contributed by atoms with Crippen molar-refractivity contribution < 1.29 is 14.4 Å². The summed E-state index contributed by atoms with van der Waals surface area (Å²) in [5, 5.41) is 5.44. The first-order valence-electron chi connectivity index (χ1n) is 9.38. The number of nitrogens with zero attached hydrogens (tertiary/aromatic N) is 1. The van der Waals surface area contributed by atoms with E-state index in [0.29, 0.717) is 42.0 Å². The van der Waals surface area contributed by atoms with Gasteiger partial charge in [-0.05, 0) is 37.1 Å². The number of hydrogen-bond acceptors (Lipinski definition) is 4. The Kier molecular flexibility index (Phi) is 6.26. The van der Waals surface area contributed by atoms with Crippen LogP contribution in [-0.2, 0) is 9.59 Å². The van der Waals surface area contributed by atoms with Crippen molar-refractivity contribution in [1.82, 2.24) is 5.32 Å². The molecule has 3 amide bonds.